The lowest BCUT2D eigenvalue weighted by molar-refractivity contribution is 0.0952. The molecule has 0 saturated carbocycles. The van der Waals surface area contributed by atoms with E-state index in [2.05, 4.69) is 15.4 Å². The molecule has 0 fully saturated rings. The average molecular weight is 415 g/mol. The molecule has 0 aliphatic heterocycles. The van der Waals surface area contributed by atoms with Gasteiger partial charge in [-0.3, -0.25) is 4.79 Å². The van der Waals surface area contributed by atoms with Crippen LogP contribution in [0.5, 0.6) is 5.88 Å². The van der Waals surface area contributed by atoms with Crippen molar-refractivity contribution in [2.24, 2.45) is 0 Å². The number of benzene rings is 1. The summed E-state index contributed by atoms with van der Waals surface area (Å²) in [7, 11) is 1.57. The predicted molar refractivity (Wildman–Crippen MR) is 120 cm³/mol. The van der Waals surface area contributed by atoms with Crippen LogP contribution in [-0.4, -0.2) is 32.8 Å². The summed E-state index contributed by atoms with van der Waals surface area (Å²) in [6.45, 7) is 6.49. The molecule has 1 N–H and O–H groups in total. The summed E-state index contributed by atoms with van der Waals surface area (Å²) in [5.74, 6) is 0.358. The largest absolute Gasteiger partial charge is 0.481 e. The Hall–Kier alpha value is -3.74. The van der Waals surface area contributed by atoms with E-state index in [-0.39, 0.29) is 11.9 Å². The minimum absolute atomic E-state index is 0.124. The Morgan fingerprint density at radius 2 is 1.97 bits per heavy atom. The highest BCUT2D eigenvalue weighted by atomic mass is 16.5. The third-order valence-electron chi connectivity index (χ3n) is 5.18. The Kier molecular flexibility index (Phi) is 5.66. The summed E-state index contributed by atoms with van der Waals surface area (Å²) >= 11 is 0. The van der Waals surface area contributed by atoms with Gasteiger partial charge in [0.2, 0.25) is 5.88 Å². The maximum absolute atomic E-state index is 13.2. The van der Waals surface area contributed by atoms with Crippen molar-refractivity contribution in [2.75, 3.05) is 7.11 Å². The predicted octanol–water partition coefficient (Wildman–Crippen LogP) is 4.32. The van der Waals surface area contributed by atoms with E-state index in [1.807, 2.05) is 61.9 Å². The number of amides is 1. The minimum Gasteiger partial charge on any atom is -0.481 e. The zero-order valence-corrected chi connectivity index (χ0v) is 18.1. The van der Waals surface area contributed by atoms with Gasteiger partial charge in [-0.2, -0.15) is 5.10 Å². The molecule has 158 valence electrons. The molecule has 0 aliphatic carbocycles. The third kappa shape index (κ3) is 4.12. The second-order valence-electron chi connectivity index (χ2n) is 7.68. The number of hydrogen-bond donors (Lipinski definition) is 1. The number of nitrogens with zero attached hydrogens (tertiary/aromatic N) is 4. The van der Waals surface area contributed by atoms with Crippen LogP contribution in [0.4, 0.5) is 0 Å². The van der Waals surface area contributed by atoms with Crippen molar-refractivity contribution in [3.05, 3.63) is 71.5 Å². The normalized spacial score (nSPS) is 11.1. The summed E-state index contributed by atoms with van der Waals surface area (Å²) < 4.78 is 6.93. The fraction of sp³-hybridized carbons (Fsp3) is 0.250. The molecule has 31 heavy (non-hydrogen) atoms. The molecule has 3 heterocycles. The average Bonchev–Trinajstić information content (AvgIpc) is 3.22. The van der Waals surface area contributed by atoms with Crippen LogP contribution in [0.15, 0.2) is 54.9 Å². The molecule has 4 rings (SSSR count). The fourth-order valence-corrected chi connectivity index (χ4v) is 3.50. The van der Waals surface area contributed by atoms with Crippen LogP contribution in [0, 0.1) is 6.92 Å². The number of nitrogens with one attached hydrogen (secondary N) is 1. The zero-order chi connectivity index (χ0) is 22.0. The summed E-state index contributed by atoms with van der Waals surface area (Å²) in [6.07, 6.45) is 3.41. The Balaban J connectivity index is 1.73. The Morgan fingerprint density at radius 3 is 2.65 bits per heavy atom. The van der Waals surface area contributed by atoms with Crippen molar-refractivity contribution in [1.29, 1.82) is 0 Å². The van der Waals surface area contributed by atoms with Crippen LogP contribution >= 0.6 is 0 Å². The summed E-state index contributed by atoms with van der Waals surface area (Å²) in [6, 6.07) is 13.6. The van der Waals surface area contributed by atoms with Gasteiger partial charge in [-0.05, 0) is 38.0 Å². The number of carbonyl (C=O) groups is 1. The van der Waals surface area contributed by atoms with E-state index in [0.717, 1.165) is 27.8 Å². The first-order valence-corrected chi connectivity index (χ1v) is 10.2. The summed E-state index contributed by atoms with van der Waals surface area (Å²) in [5, 5.41) is 8.21. The summed E-state index contributed by atoms with van der Waals surface area (Å²) in [5.41, 5.74) is 4.99. The van der Waals surface area contributed by atoms with Crippen LogP contribution in [0.25, 0.3) is 22.3 Å². The van der Waals surface area contributed by atoms with E-state index in [1.165, 1.54) is 0 Å². The van der Waals surface area contributed by atoms with Crippen LogP contribution in [-0.2, 0) is 6.54 Å². The molecule has 0 aliphatic rings. The molecule has 1 aromatic carbocycles. The standard InChI is InChI=1S/C24H25N5O2/c1-15(2)29-23-20(14-27-29)19(11-21(28-23)18-8-6-5-7-16(18)3)24(30)26-13-17-9-10-22(31-4)25-12-17/h5-12,14-15H,13H2,1-4H3,(H,26,30). The lowest BCUT2D eigenvalue weighted by Crippen LogP contribution is -2.23. The van der Waals surface area contributed by atoms with Gasteiger partial charge in [-0.15, -0.1) is 0 Å². The molecule has 0 unspecified atom stereocenters. The molecule has 3 aromatic heterocycles. The van der Waals surface area contributed by atoms with E-state index < -0.39 is 0 Å². The number of fused-ring (bicyclic) bond motifs is 1. The first-order chi connectivity index (χ1) is 15.0. The second kappa shape index (κ2) is 8.55. The van der Waals surface area contributed by atoms with Crippen LogP contribution < -0.4 is 10.1 Å². The van der Waals surface area contributed by atoms with Gasteiger partial charge in [0.15, 0.2) is 5.65 Å². The summed E-state index contributed by atoms with van der Waals surface area (Å²) in [4.78, 5) is 22.2. The molecular weight excluding hydrogens is 390 g/mol. The van der Waals surface area contributed by atoms with Crippen molar-refractivity contribution in [2.45, 2.75) is 33.4 Å². The Labute approximate surface area is 181 Å². The van der Waals surface area contributed by atoms with Crippen molar-refractivity contribution in [3.63, 3.8) is 0 Å². The fourth-order valence-electron chi connectivity index (χ4n) is 3.50. The van der Waals surface area contributed by atoms with Gasteiger partial charge in [0.25, 0.3) is 5.91 Å². The smallest absolute Gasteiger partial charge is 0.252 e. The number of methoxy groups -OCH3 is 1. The SMILES string of the molecule is COc1ccc(CNC(=O)c2cc(-c3ccccc3C)nc3c2cnn3C(C)C)cn1. The number of pyridine rings is 2. The quantitative estimate of drug-likeness (QED) is 0.507. The highest BCUT2D eigenvalue weighted by molar-refractivity contribution is 6.06. The van der Waals surface area contributed by atoms with Crippen molar-refractivity contribution >= 4 is 16.9 Å². The molecule has 4 aromatic rings. The van der Waals surface area contributed by atoms with Gasteiger partial charge in [-0.1, -0.05) is 30.3 Å². The van der Waals surface area contributed by atoms with Gasteiger partial charge in [0, 0.05) is 30.4 Å². The molecule has 7 nitrogen and oxygen atoms in total. The number of aromatic nitrogens is 4. The molecular formula is C24H25N5O2. The Bertz CT molecular complexity index is 1230. The lowest BCUT2D eigenvalue weighted by Gasteiger charge is -2.12. The van der Waals surface area contributed by atoms with E-state index in [4.69, 9.17) is 9.72 Å². The minimum atomic E-state index is -0.179. The highest BCUT2D eigenvalue weighted by Gasteiger charge is 2.19. The van der Waals surface area contributed by atoms with E-state index in [9.17, 15) is 4.79 Å². The van der Waals surface area contributed by atoms with Gasteiger partial charge < -0.3 is 10.1 Å². The van der Waals surface area contributed by atoms with Crippen LogP contribution in [0.3, 0.4) is 0 Å². The van der Waals surface area contributed by atoms with E-state index >= 15 is 0 Å². The van der Waals surface area contributed by atoms with Gasteiger partial charge in [0.1, 0.15) is 0 Å². The van der Waals surface area contributed by atoms with E-state index in [1.54, 1.807) is 25.6 Å². The van der Waals surface area contributed by atoms with Crippen molar-refractivity contribution in [1.82, 2.24) is 25.1 Å². The van der Waals surface area contributed by atoms with Crippen molar-refractivity contribution in [3.8, 4) is 17.1 Å². The second-order valence-corrected chi connectivity index (χ2v) is 7.68. The number of rotatable bonds is 6. The number of ether oxygens (including phenoxy) is 1. The molecule has 0 spiro atoms. The van der Waals surface area contributed by atoms with Gasteiger partial charge in [-0.25, -0.2) is 14.6 Å². The lowest BCUT2D eigenvalue weighted by atomic mass is 10.0. The van der Waals surface area contributed by atoms with Crippen LogP contribution in [0.2, 0.25) is 0 Å². The van der Waals surface area contributed by atoms with Gasteiger partial charge >= 0.3 is 0 Å². The third-order valence-corrected chi connectivity index (χ3v) is 5.18. The molecule has 0 atom stereocenters. The van der Waals surface area contributed by atoms with Gasteiger partial charge in [0.05, 0.1) is 30.0 Å². The molecule has 1 amide bonds. The molecule has 0 radical (unpaired) electrons. The van der Waals surface area contributed by atoms with E-state index in [0.29, 0.717) is 23.6 Å². The topological polar surface area (TPSA) is 81.9 Å². The maximum Gasteiger partial charge on any atom is 0.252 e. The molecule has 7 heteroatoms. The molecule has 0 saturated heterocycles. The maximum atomic E-state index is 13.2. The Morgan fingerprint density at radius 1 is 1.16 bits per heavy atom. The number of hydrogen-bond acceptors (Lipinski definition) is 5. The monoisotopic (exact) mass is 415 g/mol. The zero-order valence-electron chi connectivity index (χ0n) is 18.1. The van der Waals surface area contributed by atoms with Crippen LogP contribution in [0.1, 0.15) is 41.4 Å². The first-order valence-electron chi connectivity index (χ1n) is 10.2. The van der Waals surface area contributed by atoms with Crippen molar-refractivity contribution < 1.29 is 9.53 Å². The first kappa shape index (κ1) is 20.5. The number of aryl methyl sites for hydroxylation is 1. The molecule has 0 bridgehead atoms. The highest BCUT2D eigenvalue weighted by Crippen LogP contribution is 2.28. The number of carbonyl (C=O) groups excluding carboxylic acids is 1.